The van der Waals surface area contributed by atoms with Crippen molar-refractivity contribution in [3.05, 3.63) is 112 Å². The minimum atomic E-state index is -0.303. The fraction of sp³-hybridized carbons (Fsp3) is 0.161. The van der Waals surface area contributed by atoms with Crippen LogP contribution in [0.15, 0.2) is 78.9 Å². The predicted octanol–water partition coefficient (Wildman–Crippen LogP) is 6.69. The van der Waals surface area contributed by atoms with Gasteiger partial charge in [-0.15, -0.1) is 0 Å². The van der Waals surface area contributed by atoms with Crippen LogP contribution in [0.5, 0.6) is 0 Å². The zero-order valence-corrected chi connectivity index (χ0v) is 22.7. The van der Waals surface area contributed by atoms with Gasteiger partial charge < -0.3 is 4.74 Å². The molecule has 0 bridgehead atoms. The van der Waals surface area contributed by atoms with Gasteiger partial charge in [0.05, 0.1) is 35.9 Å². The number of amides is 2. The molecule has 5 rings (SSSR count). The Morgan fingerprint density at radius 3 is 2.46 bits per heavy atom. The van der Waals surface area contributed by atoms with Crippen LogP contribution in [0, 0.1) is 0 Å². The zero-order chi connectivity index (χ0) is 27.4. The summed E-state index contributed by atoms with van der Waals surface area (Å²) in [6.07, 6.45) is 4.14. The first-order valence-electron chi connectivity index (χ1n) is 12.4. The number of fused-ring (bicyclic) bond motifs is 2. The molecule has 1 atom stereocenters. The number of nitrogens with zero attached hydrogens (tertiary/aromatic N) is 2. The Labute approximate surface area is 235 Å². The molecule has 6 nitrogen and oxygen atoms in total. The maximum Gasteiger partial charge on any atom is 0.306 e. The van der Waals surface area contributed by atoms with Gasteiger partial charge in [0.15, 0.2) is 0 Å². The van der Waals surface area contributed by atoms with E-state index in [0.717, 1.165) is 27.7 Å². The van der Waals surface area contributed by atoms with Crippen molar-refractivity contribution in [3.63, 3.8) is 0 Å². The van der Waals surface area contributed by atoms with Gasteiger partial charge in [-0.2, -0.15) is 11.8 Å². The first-order chi connectivity index (χ1) is 18.9. The van der Waals surface area contributed by atoms with Gasteiger partial charge in [0.25, 0.3) is 11.8 Å². The highest BCUT2D eigenvalue weighted by Gasteiger charge is 2.36. The number of hydrogen-bond donors (Lipinski definition) is 0. The van der Waals surface area contributed by atoms with Crippen LogP contribution in [-0.2, 0) is 9.53 Å². The lowest BCUT2D eigenvalue weighted by Gasteiger charge is -2.23. The van der Waals surface area contributed by atoms with E-state index in [1.807, 2.05) is 66.7 Å². The smallest absolute Gasteiger partial charge is 0.306 e. The molecule has 0 spiro atoms. The van der Waals surface area contributed by atoms with Crippen molar-refractivity contribution in [2.45, 2.75) is 11.7 Å². The van der Waals surface area contributed by atoms with E-state index < -0.39 is 0 Å². The Hall–Kier alpha value is -3.94. The molecule has 1 unspecified atom stereocenters. The van der Waals surface area contributed by atoms with E-state index in [2.05, 4.69) is 4.98 Å². The third-order valence-electron chi connectivity index (χ3n) is 6.48. The molecular formula is C31H25ClN2O4S. The van der Waals surface area contributed by atoms with Crippen LogP contribution in [0.1, 0.15) is 49.2 Å². The summed E-state index contributed by atoms with van der Waals surface area (Å²) in [7, 11) is 1.36. The van der Waals surface area contributed by atoms with Gasteiger partial charge in [-0.05, 0) is 47.5 Å². The second-order valence-electron chi connectivity index (χ2n) is 9.03. The quantitative estimate of drug-likeness (QED) is 0.169. The molecule has 2 heterocycles. The van der Waals surface area contributed by atoms with Crippen LogP contribution in [0.4, 0.5) is 0 Å². The summed E-state index contributed by atoms with van der Waals surface area (Å²) in [6, 6.07) is 24.4. The zero-order valence-electron chi connectivity index (χ0n) is 21.2. The summed E-state index contributed by atoms with van der Waals surface area (Å²) in [6.45, 7) is 0.193. The van der Waals surface area contributed by atoms with Crippen LogP contribution in [0.25, 0.3) is 23.1 Å². The van der Waals surface area contributed by atoms with Gasteiger partial charge in [-0.1, -0.05) is 66.2 Å². The van der Waals surface area contributed by atoms with E-state index in [4.69, 9.17) is 16.3 Å². The lowest BCUT2D eigenvalue weighted by molar-refractivity contribution is -0.140. The summed E-state index contributed by atoms with van der Waals surface area (Å²) < 4.78 is 4.78. The second-order valence-corrected chi connectivity index (χ2v) is 10.8. The lowest BCUT2D eigenvalue weighted by atomic mass is 10.1. The van der Waals surface area contributed by atoms with Gasteiger partial charge in [-0.25, -0.2) is 4.98 Å². The minimum Gasteiger partial charge on any atom is -0.469 e. The Morgan fingerprint density at radius 1 is 0.974 bits per heavy atom. The summed E-state index contributed by atoms with van der Waals surface area (Å²) in [4.78, 5) is 43.8. The SMILES string of the molecule is COC(=O)CCSC(CN1C(=O)c2ccccc2C1=O)c1cccc(/C=C/c2ccc3ccc(Cl)cc3n2)c1. The fourth-order valence-corrected chi connectivity index (χ4v) is 5.78. The Bertz CT molecular complexity index is 1570. The summed E-state index contributed by atoms with van der Waals surface area (Å²) >= 11 is 7.64. The average Bonchev–Trinajstić information content (AvgIpc) is 3.20. The Balaban J connectivity index is 1.38. The van der Waals surface area contributed by atoms with Gasteiger partial charge in [0, 0.05) is 28.0 Å². The molecule has 0 N–H and O–H groups in total. The third-order valence-corrected chi connectivity index (χ3v) is 7.98. The molecule has 4 aromatic rings. The maximum absolute atomic E-state index is 13.0. The van der Waals surface area contributed by atoms with E-state index in [9.17, 15) is 14.4 Å². The molecular weight excluding hydrogens is 532 g/mol. The number of esters is 1. The fourth-order valence-electron chi connectivity index (χ4n) is 4.46. The van der Waals surface area contributed by atoms with Crippen molar-refractivity contribution in [2.75, 3.05) is 19.4 Å². The molecule has 0 aliphatic carbocycles. The predicted molar refractivity (Wildman–Crippen MR) is 156 cm³/mol. The van der Waals surface area contributed by atoms with E-state index in [-0.39, 0.29) is 36.0 Å². The van der Waals surface area contributed by atoms with Gasteiger partial charge in [0.2, 0.25) is 0 Å². The number of halogens is 1. The standard InChI is InChI=1S/C31H25ClN2O4S/c1-38-29(35)15-16-39-28(19-34-30(36)25-7-2-3-8-26(25)31(34)37)22-6-4-5-20(17-22)9-13-24-14-11-21-10-12-23(32)18-27(21)33-24/h2-14,17-18,28H,15-16,19H2,1H3/b13-9+. The molecule has 2 amide bonds. The van der Waals surface area contributed by atoms with Crippen LogP contribution in [0.3, 0.4) is 0 Å². The van der Waals surface area contributed by atoms with Gasteiger partial charge >= 0.3 is 5.97 Å². The number of methoxy groups -OCH3 is 1. The van der Waals surface area contributed by atoms with Crippen LogP contribution in [-0.4, -0.2) is 47.1 Å². The van der Waals surface area contributed by atoms with Crippen molar-refractivity contribution in [2.24, 2.45) is 0 Å². The number of rotatable bonds is 9. The summed E-state index contributed by atoms with van der Waals surface area (Å²) in [5, 5.41) is 1.42. The van der Waals surface area contributed by atoms with Crippen molar-refractivity contribution in [1.29, 1.82) is 0 Å². The van der Waals surface area contributed by atoms with Crippen LogP contribution < -0.4 is 0 Å². The average molecular weight is 557 g/mol. The molecule has 0 fully saturated rings. The Kier molecular flexibility index (Phi) is 8.10. The van der Waals surface area contributed by atoms with E-state index in [1.165, 1.54) is 23.8 Å². The Morgan fingerprint density at radius 2 is 1.72 bits per heavy atom. The lowest BCUT2D eigenvalue weighted by Crippen LogP contribution is -2.33. The maximum atomic E-state index is 13.0. The van der Waals surface area contributed by atoms with Gasteiger partial charge in [0.1, 0.15) is 0 Å². The normalized spacial score (nSPS) is 13.7. The molecule has 0 radical (unpaired) electrons. The van der Waals surface area contributed by atoms with Crippen LogP contribution in [0.2, 0.25) is 5.02 Å². The van der Waals surface area contributed by atoms with Crippen molar-refractivity contribution in [3.8, 4) is 0 Å². The largest absolute Gasteiger partial charge is 0.469 e. The van der Waals surface area contributed by atoms with E-state index in [0.29, 0.717) is 21.9 Å². The van der Waals surface area contributed by atoms with Crippen molar-refractivity contribution < 1.29 is 19.1 Å². The van der Waals surface area contributed by atoms with Crippen molar-refractivity contribution in [1.82, 2.24) is 9.88 Å². The molecule has 0 saturated carbocycles. The topological polar surface area (TPSA) is 76.6 Å². The minimum absolute atomic E-state index is 0.193. The van der Waals surface area contributed by atoms with E-state index >= 15 is 0 Å². The molecule has 3 aromatic carbocycles. The second kappa shape index (κ2) is 11.8. The number of ether oxygens (including phenoxy) is 1. The molecule has 1 aliphatic rings. The number of carbonyl (C=O) groups is 3. The highest BCUT2D eigenvalue weighted by atomic mass is 35.5. The number of hydrogen-bond acceptors (Lipinski definition) is 6. The number of benzene rings is 3. The number of aromatic nitrogens is 1. The monoisotopic (exact) mass is 556 g/mol. The first kappa shape index (κ1) is 26.7. The summed E-state index contributed by atoms with van der Waals surface area (Å²) in [5.41, 5.74) is 4.35. The molecule has 1 aromatic heterocycles. The molecule has 196 valence electrons. The van der Waals surface area contributed by atoms with Gasteiger partial charge in [-0.3, -0.25) is 19.3 Å². The number of imide groups is 1. The first-order valence-corrected chi connectivity index (χ1v) is 13.8. The summed E-state index contributed by atoms with van der Waals surface area (Å²) in [5.74, 6) is -0.410. The van der Waals surface area contributed by atoms with Crippen LogP contribution >= 0.6 is 23.4 Å². The molecule has 0 saturated heterocycles. The molecule has 8 heteroatoms. The molecule has 39 heavy (non-hydrogen) atoms. The number of carbonyl (C=O) groups excluding carboxylic acids is 3. The molecule has 1 aliphatic heterocycles. The third kappa shape index (κ3) is 6.05. The number of thioether (sulfide) groups is 1. The highest BCUT2D eigenvalue weighted by Crippen LogP contribution is 2.34. The van der Waals surface area contributed by atoms with Crippen molar-refractivity contribution >= 4 is 64.2 Å². The number of pyridine rings is 1. The van der Waals surface area contributed by atoms with E-state index in [1.54, 1.807) is 24.3 Å². The highest BCUT2D eigenvalue weighted by molar-refractivity contribution is 7.99.